The topological polar surface area (TPSA) is 0 Å². The molecule has 2 heterocycles. The molecule has 0 N–H and O–H groups in total. The molecular formula is C4H9BrCl6Si4. The van der Waals surface area contributed by atoms with Crippen LogP contribution in [0.4, 0.5) is 0 Å². The molecule has 0 atom stereocenters. The highest BCUT2D eigenvalue weighted by Gasteiger charge is 2.49. The van der Waals surface area contributed by atoms with Crippen molar-refractivity contribution in [1.82, 2.24) is 0 Å². The van der Waals surface area contributed by atoms with Crippen LogP contribution in [0.15, 0.2) is 0 Å². The van der Waals surface area contributed by atoms with Gasteiger partial charge >= 0.3 is 0 Å². The molecule has 2 fully saturated rings. The van der Waals surface area contributed by atoms with Crippen molar-refractivity contribution in [2.45, 2.75) is 20.6 Å². The van der Waals surface area contributed by atoms with Gasteiger partial charge in [0.1, 0.15) is 8.11 Å². The molecule has 2 saturated heterocycles. The summed E-state index contributed by atoms with van der Waals surface area (Å²) in [6.07, 6.45) is 0. The van der Waals surface area contributed by atoms with Crippen LogP contribution in [0.3, 0.4) is 0 Å². The molecule has 2 aliphatic rings. The third-order valence-electron chi connectivity index (χ3n) is 2.26. The zero-order valence-corrected chi connectivity index (χ0v) is 18.0. The van der Waals surface area contributed by atoms with E-state index >= 15 is 0 Å². The van der Waals surface area contributed by atoms with Gasteiger partial charge in [-0.3, -0.25) is 0 Å². The van der Waals surface area contributed by atoms with E-state index in [0.717, 1.165) is 11.3 Å². The minimum atomic E-state index is -1.30. The summed E-state index contributed by atoms with van der Waals surface area (Å²) in [5.74, 6) is 0. The Labute approximate surface area is 132 Å². The van der Waals surface area contributed by atoms with E-state index in [0.29, 0.717) is 0 Å². The van der Waals surface area contributed by atoms with E-state index < -0.39 is 30.3 Å². The first-order valence-electron chi connectivity index (χ1n) is 4.33. The Bertz CT molecular complexity index is 191. The Hall–Kier alpha value is 3.09. The maximum absolute atomic E-state index is 5.91. The Morgan fingerprint density at radius 2 is 1.33 bits per heavy atom. The van der Waals surface area contributed by atoms with Crippen LogP contribution in [0.5, 0.6) is 0 Å². The largest absolute Gasteiger partial charge is 0.223 e. The molecule has 0 spiro atoms. The molecule has 0 radical (unpaired) electrons. The molecule has 0 aliphatic carbocycles. The predicted molar refractivity (Wildman–Crippen MR) is 88.4 cm³/mol. The van der Waals surface area contributed by atoms with Crippen molar-refractivity contribution in [2.24, 2.45) is 0 Å². The fourth-order valence-corrected chi connectivity index (χ4v) is 41.2. The summed E-state index contributed by atoms with van der Waals surface area (Å²) in [5.41, 5.74) is 2.33. The molecule has 15 heavy (non-hydrogen) atoms. The molecule has 0 amide bonds. The van der Waals surface area contributed by atoms with Crippen molar-refractivity contribution in [3.8, 4) is 0 Å². The van der Waals surface area contributed by atoms with Crippen molar-refractivity contribution >= 4 is 113 Å². The van der Waals surface area contributed by atoms with E-state index in [1.165, 1.54) is 0 Å². The molecule has 2 rings (SSSR count). The molecule has 0 bridgehead atoms. The molecule has 0 aromatic rings. The first kappa shape index (κ1) is 16.1. The van der Waals surface area contributed by atoms with Gasteiger partial charge in [0, 0.05) is 9.25 Å². The molecule has 0 aromatic carbocycles. The number of hydrogen-bond donors (Lipinski definition) is 0. The van der Waals surface area contributed by atoms with Crippen molar-refractivity contribution in [2.75, 3.05) is 0 Å². The average molecular weight is 462 g/mol. The number of rotatable bonds is 0. The first-order valence-corrected chi connectivity index (χ1v) is 20.4. The number of alkyl halides is 2. The SMILES string of the molecule is ClC1[SiH](Cl)C(Cl)[SiH]1Cl.Cl[SiH]1C[Si](Cl)(Br)C1. The minimum Gasteiger partial charge on any atom is -0.172 e. The van der Waals surface area contributed by atoms with Crippen molar-refractivity contribution in [3.63, 3.8) is 0 Å². The molecule has 0 aromatic heterocycles. The van der Waals surface area contributed by atoms with Gasteiger partial charge in [-0.15, -0.1) is 38.5 Å². The molecule has 11 heteroatoms. The van der Waals surface area contributed by atoms with E-state index in [2.05, 4.69) is 15.3 Å². The summed E-state index contributed by atoms with van der Waals surface area (Å²) in [6, 6.07) is -1.30. The molecule has 0 unspecified atom stereocenters. The van der Waals surface area contributed by atoms with Gasteiger partial charge in [-0.1, -0.05) is 0 Å². The third kappa shape index (κ3) is 4.60. The maximum atomic E-state index is 5.91. The second kappa shape index (κ2) is 6.50. The van der Waals surface area contributed by atoms with E-state index in [1.54, 1.807) is 0 Å². The van der Waals surface area contributed by atoms with Gasteiger partial charge in [-0.05, 0) is 11.3 Å². The van der Waals surface area contributed by atoms with E-state index in [9.17, 15) is 0 Å². The Balaban J connectivity index is 0.000000151. The van der Waals surface area contributed by atoms with Crippen LogP contribution in [-0.2, 0) is 0 Å². The van der Waals surface area contributed by atoms with Crippen molar-refractivity contribution in [3.05, 3.63) is 0 Å². The Kier molecular flexibility index (Phi) is 6.99. The van der Waals surface area contributed by atoms with Crippen LogP contribution < -0.4 is 0 Å². The summed E-state index contributed by atoms with van der Waals surface area (Å²) >= 11 is 38.1. The Morgan fingerprint density at radius 3 is 1.40 bits per heavy atom. The van der Waals surface area contributed by atoms with Gasteiger partial charge in [0.2, 0.25) is 6.00 Å². The summed E-state index contributed by atoms with van der Waals surface area (Å²) in [6.45, 7) is 0. The number of hydrogen-bond acceptors (Lipinski definition) is 0. The second-order valence-corrected chi connectivity index (χ2v) is 31.7. The van der Waals surface area contributed by atoms with Gasteiger partial charge in [0.15, 0.2) is 16.2 Å². The summed E-state index contributed by atoms with van der Waals surface area (Å²) in [7, 11) is -3.30. The summed E-state index contributed by atoms with van der Waals surface area (Å²) in [5, 5.41) is 0. The Morgan fingerprint density at radius 1 is 1.00 bits per heavy atom. The lowest BCUT2D eigenvalue weighted by molar-refractivity contribution is 1.51. The van der Waals surface area contributed by atoms with Gasteiger partial charge in [0.05, 0.1) is 0 Å². The van der Waals surface area contributed by atoms with E-state index in [1.807, 2.05) is 0 Å². The normalized spacial score (nSPS) is 53.4. The van der Waals surface area contributed by atoms with E-state index in [4.69, 9.17) is 67.5 Å². The molecule has 0 nitrogen and oxygen atoms in total. The standard InChI is InChI=1S/C2H5BrCl2Si2.C2H4Cl4Si2/c3-7(5)1-6(4)2-7;3-1-7(5)2(4)8(1)6/h6H,1-2H2;1-2,7-8H. The number of halogens is 7. The van der Waals surface area contributed by atoms with Gasteiger partial charge < -0.3 is 0 Å². The lowest BCUT2D eigenvalue weighted by Gasteiger charge is -2.34. The smallest absolute Gasteiger partial charge is 0.172 e. The minimum absolute atomic E-state index is 0.126. The van der Waals surface area contributed by atoms with Crippen molar-refractivity contribution < 1.29 is 0 Å². The zero-order valence-electron chi connectivity index (χ0n) is 7.45. The van der Waals surface area contributed by atoms with Crippen molar-refractivity contribution in [1.29, 1.82) is 0 Å². The monoisotopic (exact) mass is 458 g/mol. The van der Waals surface area contributed by atoms with Crippen LogP contribution >= 0.6 is 82.8 Å². The summed E-state index contributed by atoms with van der Waals surface area (Å²) in [4.78, 5) is 0. The van der Waals surface area contributed by atoms with Crippen LogP contribution in [0.25, 0.3) is 0 Å². The highest BCUT2D eigenvalue weighted by atomic mass is 79.9. The maximum Gasteiger partial charge on any atom is 0.223 e. The predicted octanol–water partition coefficient (Wildman–Crippen LogP) is 3.41. The highest BCUT2D eigenvalue weighted by molar-refractivity contribution is 9.27. The fraction of sp³-hybridized carbons (Fsp3) is 1.00. The first-order chi connectivity index (χ1) is 6.74. The molecule has 0 saturated carbocycles. The van der Waals surface area contributed by atoms with Crippen LogP contribution in [0.1, 0.15) is 0 Å². The van der Waals surface area contributed by atoms with Crippen LogP contribution in [0, 0.1) is 0 Å². The highest BCUT2D eigenvalue weighted by Crippen LogP contribution is 2.41. The van der Waals surface area contributed by atoms with Crippen LogP contribution in [-0.4, -0.2) is 39.6 Å². The quantitative estimate of drug-likeness (QED) is 0.294. The van der Waals surface area contributed by atoms with E-state index in [-0.39, 0.29) is 9.25 Å². The molecule has 2 aliphatic heterocycles. The van der Waals surface area contributed by atoms with Crippen LogP contribution in [0.2, 0.25) is 11.3 Å². The lowest BCUT2D eigenvalue weighted by Crippen LogP contribution is -2.60. The van der Waals surface area contributed by atoms with Gasteiger partial charge in [-0.2, -0.15) is 44.3 Å². The zero-order chi connectivity index (χ0) is 11.8. The summed E-state index contributed by atoms with van der Waals surface area (Å²) < 4.78 is 0.252. The second-order valence-electron chi connectivity index (χ2n) is 3.64. The van der Waals surface area contributed by atoms with Gasteiger partial charge in [-0.25, -0.2) is 0 Å². The lowest BCUT2D eigenvalue weighted by atomic mass is 11.7. The molecule has 90 valence electrons. The van der Waals surface area contributed by atoms with Gasteiger partial charge in [0.25, 0.3) is 0 Å². The molecular weight excluding hydrogens is 453 g/mol. The average Bonchev–Trinajstić information content (AvgIpc) is 2.13. The fourth-order valence-electron chi connectivity index (χ4n) is 1.15. The third-order valence-corrected chi connectivity index (χ3v) is 40.4.